The Morgan fingerprint density at radius 1 is 0.253 bits per heavy atom. The normalized spacial score (nSPS) is 12.5. The van der Waals surface area contributed by atoms with Gasteiger partial charge in [-0.05, 0) is 77.0 Å². The van der Waals surface area contributed by atoms with Crippen LogP contribution in [0, 0.1) is 0 Å². The predicted molar refractivity (Wildman–Crippen MR) is 362 cm³/mol. The van der Waals surface area contributed by atoms with E-state index in [2.05, 4.69) is 87.6 Å². The van der Waals surface area contributed by atoms with Gasteiger partial charge >= 0.3 is 17.9 Å². The van der Waals surface area contributed by atoms with Crippen LogP contribution < -0.4 is 0 Å². The molecule has 0 saturated carbocycles. The Hall–Kier alpha value is -3.15. The standard InChI is InChI=1S/C77H138O6/c1-4-7-10-13-16-19-22-25-27-29-30-31-32-33-34-35-36-37-38-39-40-41-42-43-44-45-46-48-49-52-55-58-61-64-67-70-76(79)82-73-74(72-81-75(78)69-66-63-60-57-54-51-24-21-18-15-12-9-6-3)83-77(80)71-68-65-62-59-56-53-50-47-28-26-23-20-17-14-11-8-5-2/h9,12,18,21-22,25,29-30,51,54,60,63,74H,4-8,10-11,13-17,19-20,23-24,26-28,31-50,52-53,55-59,61-62,64-73H2,1-3H3/b12-9-,21-18-,25-22-,30-29-,54-51-,63-60-. The van der Waals surface area contributed by atoms with Gasteiger partial charge in [0.15, 0.2) is 6.10 Å². The van der Waals surface area contributed by atoms with Gasteiger partial charge in [0.2, 0.25) is 0 Å². The number of hydrogen-bond donors (Lipinski definition) is 0. The number of carbonyl (C=O) groups excluding carboxylic acids is 3. The molecule has 1 unspecified atom stereocenters. The molecule has 0 aliphatic heterocycles. The van der Waals surface area contributed by atoms with Crippen molar-refractivity contribution in [2.75, 3.05) is 13.2 Å². The van der Waals surface area contributed by atoms with E-state index in [1.54, 1.807) is 0 Å². The van der Waals surface area contributed by atoms with Crippen LogP contribution in [0.3, 0.4) is 0 Å². The molecule has 83 heavy (non-hydrogen) atoms. The minimum Gasteiger partial charge on any atom is -0.462 e. The fraction of sp³-hybridized carbons (Fsp3) is 0.805. The van der Waals surface area contributed by atoms with E-state index in [1.165, 1.54) is 263 Å². The summed E-state index contributed by atoms with van der Waals surface area (Å²) in [4.78, 5) is 38.3. The third kappa shape index (κ3) is 69.5. The second-order valence-corrected chi connectivity index (χ2v) is 24.5. The van der Waals surface area contributed by atoms with Crippen LogP contribution >= 0.6 is 0 Å². The summed E-state index contributed by atoms with van der Waals surface area (Å²) in [6, 6.07) is 0. The second-order valence-electron chi connectivity index (χ2n) is 24.5. The maximum absolute atomic E-state index is 12.9. The highest BCUT2D eigenvalue weighted by atomic mass is 16.6. The first-order valence-corrected chi connectivity index (χ1v) is 36.4. The van der Waals surface area contributed by atoms with Crippen molar-refractivity contribution < 1.29 is 28.6 Å². The van der Waals surface area contributed by atoms with E-state index < -0.39 is 6.10 Å². The van der Waals surface area contributed by atoms with Crippen LogP contribution in [0.4, 0.5) is 0 Å². The first-order chi connectivity index (χ1) is 41.0. The van der Waals surface area contributed by atoms with Gasteiger partial charge < -0.3 is 14.2 Å². The van der Waals surface area contributed by atoms with Gasteiger partial charge in [-0.2, -0.15) is 0 Å². The molecule has 1 atom stereocenters. The minimum absolute atomic E-state index is 0.0919. The van der Waals surface area contributed by atoms with Crippen LogP contribution in [0.2, 0.25) is 0 Å². The summed E-state index contributed by atoms with van der Waals surface area (Å²) in [5.41, 5.74) is 0. The molecule has 0 amide bonds. The van der Waals surface area contributed by atoms with Crippen molar-refractivity contribution in [1.82, 2.24) is 0 Å². The molecule has 0 heterocycles. The lowest BCUT2D eigenvalue weighted by molar-refractivity contribution is -0.166. The van der Waals surface area contributed by atoms with Gasteiger partial charge in [0, 0.05) is 19.3 Å². The maximum atomic E-state index is 12.9. The highest BCUT2D eigenvalue weighted by Gasteiger charge is 2.19. The number of rotatable bonds is 67. The van der Waals surface area contributed by atoms with Gasteiger partial charge in [0.25, 0.3) is 0 Å². The van der Waals surface area contributed by atoms with E-state index >= 15 is 0 Å². The average molecular weight is 1160 g/mol. The van der Waals surface area contributed by atoms with Crippen molar-refractivity contribution in [3.8, 4) is 0 Å². The molecular weight excluding hydrogens is 1020 g/mol. The molecular formula is C77H138O6. The molecule has 0 spiro atoms. The number of esters is 3. The van der Waals surface area contributed by atoms with Crippen LogP contribution in [0.1, 0.15) is 380 Å². The summed E-state index contributed by atoms with van der Waals surface area (Å²) in [7, 11) is 0. The third-order valence-corrected chi connectivity index (χ3v) is 16.2. The molecule has 0 bridgehead atoms. The van der Waals surface area contributed by atoms with Gasteiger partial charge in [-0.3, -0.25) is 14.4 Å². The van der Waals surface area contributed by atoms with Gasteiger partial charge in [-0.25, -0.2) is 0 Å². The third-order valence-electron chi connectivity index (χ3n) is 16.2. The predicted octanol–water partition coefficient (Wildman–Crippen LogP) is 25.2. The number of allylic oxidation sites excluding steroid dienone is 12. The van der Waals surface area contributed by atoms with E-state index in [0.717, 1.165) is 70.6 Å². The molecule has 0 saturated heterocycles. The lowest BCUT2D eigenvalue weighted by Crippen LogP contribution is -2.30. The van der Waals surface area contributed by atoms with Crippen LogP contribution in [-0.2, 0) is 28.6 Å². The topological polar surface area (TPSA) is 78.9 Å². The van der Waals surface area contributed by atoms with E-state index in [4.69, 9.17) is 14.2 Å². The summed E-state index contributed by atoms with van der Waals surface area (Å²) in [6.07, 6.45) is 94.1. The van der Waals surface area contributed by atoms with Crippen molar-refractivity contribution in [3.05, 3.63) is 72.9 Å². The monoisotopic (exact) mass is 1160 g/mol. The summed E-state index contributed by atoms with van der Waals surface area (Å²) < 4.78 is 16.9. The average Bonchev–Trinajstić information content (AvgIpc) is 3.49. The molecule has 0 rings (SSSR count). The van der Waals surface area contributed by atoms with Crippen molar-refractivity contribution >= 4 is 17.9 Å². The Bertz CT molecular complexity index is 1520. The lowest BCUT2D eigenvalue weighted by atomic mass is 10.0. The van der Waals surface area contributed by atoms with Gasteiger partial charge in [0.1, 0.15) is 13.2 Å². The quantitative estimate of drug-likeness (QED) is 0.0261. The molecule has 6 nitrogen and oxygen atoms in total. The number of carbonyl (C=O) groups is 3. The number of ether oxygens (including phenoxy) is 3. The SMILES string of the molecule is CC/C=C\C/C=C\C/C=C\C/C=C\CCC(=O)OCC(COC(=O)CCCCCCCCCCCCCCCCCCCCCCCCC/C=C\C/C=C\CCCCCCC)OC(=O)CCCCCCCCCCCCCCCCCCC. The minimum atomic E-state index is -0.801. The second kappa shape index (κ2) is 71.3. The summed E-state index contributed by atoms with van der Waals surface area (Å²) >= 11 is 0. The molecule has 0 aromatic heterocycles. The molecule has 0 aromatic carbocycles. The van der Waals surface area contributed by atoms with Gasteiger partial charge in [-0.15, -0.1) is 0 Å². The molecule has 0 aliphatic carbocycles. The van der Waals surface area contributed by atoms with E-state index in [9.17, 15) is 14.4 Å². The molecule has 482 valence electrons. The molecule has 0 aromatic rings. The number of hydrogen-bond acceptors (Lipinski definition) is 6. The molecule has 0 N–H and O–H groups in total. The Kier molecular flexibility index (Phi) is 68.6. The highest BCUT2D eigenvalue weighted by Crippen LogP contribution is 2.19. The van der Waals surface area contributed by atoms with Crippen molar-refractivity contribution in [2.24, 2.45) is 0 Å². The van der Waals surface area contributed by atoms with Crippen molar-refractivity contribution in [2.45, 2.75) is 386 Å². The molecule has 0 aliphatic rings. The van der Waals surface area contributed by atoms with Crippen LogP contribution in [0.25, 0.3) is 0 Å². The Balaban J connectivity index is 4.11. The Morgan fingerprint density at radius 3 is 0.807 bits per heavy atom. The summed E-state index contributed by atoms with van der Waals surface area (Å²) in [6.45, 7) is 6.51. The van der Waals surface area contributed by atoms with Crippen molar-refractivity contribution in [3.63, 3.8) is 0 Å². The summed E-state index contributed by atoms with van der Waals surface area (Å²) in [5.74, 6) is -0.955. The molecule has 0 fully saturated rings. The largest absolute Gasteiger partial charge is 0.462 e. The fourth-order valence-corrected chi connectivity index (χ4v) is 10.8. The zero-order chi connectivity index (χ0) is 59.9. The zero-order valence-electron chi connectivity index (χ0n) is 55.5. The summed E-state index contributed by atoms with van der Waals surface area (Å²) in [5, 5.41) is 0. The van der Waals surface area contributed by atoms with Crippen LogP contribution in [-0.4, -0.2) is 37.2 Å². The van der Waals surface area contributed by atoms with Crippen molar-refractivity contribution in [1.29, 1.82) is 0 Å². The highest BCUT2D eigenvalue weighted by molar-refractivity contribution is 5.71. The first-order valence-electron chi connectivity index (χ1n) is 36.4. The van der Waals surface area contributed by atoms with Gasteiger partial charge in [0.05, 0.1) is 0 Å². The van der Waals surface area contributed by atoms with E-state index in [1.807, 2.05) is 6.08 Å². The van der Waals surface area contributed by atoms with E-state index in [0.29, 0.717) is 19.3 Å². The molecule has 0 radical (unpaired) electrons. The molecule has 6 heteroatoms. The maximum Gasteiger partial charge on any atom is 0.306 e. The Morgan fingerprint density at radius 2 is 0.494 bits per heavy atom. The first kappa shape index (κ1) is 79.8. The smallest absolute Gasteiger partial charge is 0.306 e. The Labute approximate surface area is 516 Å². The van der Waals surface area contributed by atoms with Crippen LogP contribution in [0.15, 0.2) is 72.9 Å². The van der Waals surface area contributed by atoms with Crippen LogP contribution in [0.5, 0.6) is 0 Å². The zero-order valence-corrected chi connectivity index (χ0v) is 55.5. The number of unbranched alkanes of at least 4 members (excludes halogenated alkanes) is 44. The fourth-order valence-electron chi connectivity index (χ4n) is 10.8. The lowest BCUT2D eigenvalue weighted by Gasteiger charge is -2.18. The van der Waals surface area contributed by atoms with E-state index in [-0.39, 0.29) is 37.5 Å². The van der Waals surface area contributed by atoms with Gasteiger partial charge in [-0.1, -0.05) is 357 Å².